The number of benzene rings is 2. The Morgan fingerprint density at radius 3 is 2.20 bits per heavy atom. The number of carbonyl (C=O) groups excluding carboxylic acids is 1. The molecule has 0 aliphatic heterocycles. The van der Waals surface area contributed by atoms with Crippen LogP contribution in [0.1, 0.15) is 32.3 Å². The Hall–Kier alpha value is -2.68. The van der Waals surface area contributed by atoms with Crippen LogP contribution in [0.2, 0.25) is 0 Å². The molecule has 0 saturated heterocycles. The molecule has 25 heavy (non-hydrogen) atoms. The Balaban J connectivity index is 2.05. The molecule has 0 fully saturated rings. The minimum Gasteiger partial charge on any atom is -0.511 e. The number of Topliss-reactive ketones (excluding diaryl/α,β-unsaturated/α-hetero) is 1. The van der Waals surface area contributed by atoms with E-state index in [0.717, 1.165) is 11.3 Å². The van der Waals surface area contributed by atoms with Gasteiger partial charge in [0.25, 0.3) is 0 Å². The van der Waals surface area contributed by atoms with Crippen LogP contribution in [0.25, 0.3) is 0 Å². The molecule has 0 aromatic heterocycles. The molecule has 0 heterocycles. The van der Waals surface area contributed by atoms with E-state index >= 15 is 0 Å². The fourth-order valence-corrected chi connectivity index (χ4v) is 3.25. The lowest BCUT2D eigenvalue weighted by Gasteiger charge is -2.30. The lowest BCUT2D eigenvalue weighted by atomic mass is 9.75. The van der Waals surface area contributed by atoms with Crippen LogP contribution in [0.5, 0.6) is 0 Å². The molecule has 1 aliphatic carbocycles. The van der Waals surface area contributed by atoms with E-state index in [9.17, 15) is 9.90 Å². The molecule has 1 N–H and O–H groups in total. The number of aliphatic hydroxyl groups excluding tert-OH is 1. The van der Waals surface area contributed by atoms with Crippen LogP contribution in [-0.2, 0) is 11.2 Å². The van der Waals surface area contributed by atoms with E-state index < -0.39 is 0 Å². The summed E-state index contributed by atoms with van der Waals surface area (Å²) in [5.41, 5.74) is 2.67. The molecule has 0 bridgehead atoms. The van der Waals surface area contributed by atoms with Crippen LogP contribution >= 0.6 is 0 Å². The monoisotopic (exact) mass is 333 g/mol. The topological polar surface area (TPSA) is 49.7 Å². The first-order chi connectivity index (χ1) is 11.9. The van der Waals surface area contributed by atoms with Crippen molar-refractivity contribution in [3.05, 3.63) is 77.6 Å². The minimum atomic E-state index is -0.213. The van der Waals surface area contributed by atoms with Crippen molar-refractivity contribution in [1.82, 2.24) is 0 Å². The fourth-order valence-electron chi connectivity index (χ4n) is 3.25. The van der Waals surface area contributed by atoms with E-state index in [2.05, 4.69) is 0 Å². The van der Waals surface area contributed by atoms with Crippen molar-refractivity contribution in [1.29, 1.82) is 0 Å². The van der Waals surface area contributed by atoms with Crippen LogP contribution in [0.15, 0.2) is 77.0 Å². The average molecular weight is 333 g/mol. The van der Waals surface area contributed by atoms with Gasteiger partial charge in [-0.2, -0.15) is 0 Å². The van der Waals surface area contributed by atoms with Crippen molar-refractivity contribution in [2.75, 3.05) is 0 Å². The van der Waals surface area contributed by atoms with Crippen molar-refractivity contribution in [3.8, 4) is 0 Å². The summed E-state index contributed by atoms with van der Waals surface area (Å²) in [4.78, 5) is 17.4. The van der Waals surface area contributed by atoms with Gasteiger partial charge in [0.1, 0.15) is 5.76 Å². The highest BCUT2D eigenvalue weighted by Gasteiger charge is 2.35. The molecule has 2 aromatic rings. The van der Waals surface area contributed by atoms with E-state index in [0.29, 0.717) is 30.5 Å². The molecule has 0 radical (unpaired) electrons. The summed E-state index contributed by atoms with van der Waals surface area (Å²) in [6, 6.07) is 19.5. The largest absolute Gasteiger partial charge is 0.511 e. The predicted octanol–water partition coefficient (Wildman–Crippen LogP) is 5.20. The molecule has 3 rings (SSSR count). The Bertz CT molecular complexity index is 818. The summed E-state index contributed by atoms with van der Waals surface area (Å²) in [5.74, 6) is 0.131. The van der Waals surface area contributed by atoms with Crippen LogP contribution < -0.4 is 0 Å². The van der Waals surface area contributed by atoms with Gasteiger partial charge in [-0.05, 0) is 23.1 Å². The highest BCUT2D eigenvalue weighted by atomic mass is 16.3. The molecule has 128 valence electrons. The van der Waals surface area contributed by atoms with Crippen molar-refractivity contribution in [2.24, 2.45) is 10.4 Å². The van der Waals surface area contributed by atoms with Gasteiger partial charge in [0.05, 0.1) is 17.0 Å². The van der Waals surface area contributed by atoms with E-state index in [1.807, 2.05) is 74.5 Å². The highest BCUT2D eigenvalue weighted by molar-refractivity contribution is 6.24. The van der Waals surface area contributed by atoms with Gasteiger partial charge in [0.2, 0.25) is 0 Å². The number of carbonyl (C=O) groups is 1. The minimum absolute atomic E-state index is 0.0284. The number of hydrogen-bond acceptors (Lipinski definition) is 3. The smallest absolute Gasteiger partial charge is 0.168 e. The van der Waals surface area contributed by atoms with Crippen molar-refractivity contribution in [3.63, 3.8) is 0 Å². The maximum Gasteiger partial charge on any atom is 0.168 e. The summed E-state index contributed by atoms with van der Waals surface area (Å²) in [7, 11) is 0. The highest BCUT2D eigenvalue weighted by Crippen LogP contribution is 2.36. The van der Waals surface area contributed by atoms with Gasteiger partial charge in [-0.3, -0.25) is 9.79 Å². The molecule has 0 amide bonds. The van der Waals surface area contributed by atoms with Gasteiger partial charge in [0, 0.05) is 19.3 Å². The molecular formula is C22H23NO2. The number of nitrogens with zero attached hydrogens (tertiary/aromatic N) is 1. The van der Waals surface area contributed by atoms with E-state index in [1.54, 1.807) is 0 Å². The second kappa shape index (κ2) is 7.06. The second-order valence-electron chi connectivity index (χ2n) is 7.32. The quantitative estimate of drug-likeness (QED) is 0.782. The molecule has 1 aliphatic rings. The maximum absolute atomic E-state index is 12.7. The summed E-state index contributed by atoms with van der Waals surface area (Å²) in [5, 5.41) is 10.6. The third-order valence-corrected chi connectivity index (χ3v) is 4.38. The standard InChI is InChI=1S/C22H23NO2/c1-22(2)14-19(24)21(20(25)15-22)18(13-16-9-5-3-6-10-16)23-17-11-7-4-8-12-17/h3-12,24H,13-15H2,1-2H3. The number of para-hydroxylation sites is 1. The Morgan fingerprint density at radius 2 is 1.60 bits per heavy atom. The van der Waals surface area contributed by atoms with Crippen LogP contribution in [0, 0.1) is 5.41 Å². The summed E-state index contributed by atoms with van der Waals surface area (Å²) in [6.07, 6.45) is 1.44. The number of rotatable bonds is 4. The van der Waals surface area contributed by atoms with Gasteiger partial charge in [-0.15, -0.1) is 0 Å². The Morgan fingerprint density at radius 1 is 1.00 bits per heavy atom. The zero-order valence-electron chi connectivity index (χ0n) is 14.7. The zero-order valence-corrected chi connectivity index (χ0v) is 14.7. The second-order valence-corrected chi connectivity index (χ2v) is 7.32. The molecule has 3 heteroatoms. The number of allylic oxidation sites excluding steroid dienone is 2. The SMILES string of the molecule is CC1(C)CC(=O)C(C(Cc2ccccc2)=Nc2ccccc2)=C(O)C1. The van der Waals surface area contributed by atoms with Gasteiger partial charge in [0.15, 0.2) is 5.78 Å². The first-order valence-corrected chi connectivity index (χ1v) is 8.57. The number of aliphatic imine (C=N–C) groups is 1. The van der Waals surface area contributed by atoms with Crippen LogP contribution in [-0.4, -0.2) is 16.6 Å². The van der Waals surface area contributed by atoms with E-state index in [1.165, 1.54) is 0 Å². The van der Waals surface area contributed by atoms with Crippen molar-refractivity contribution < 1.29 is 9.90 Å². The third kappa shape index (κ3) is 4.24. The van der Waals surface area contributed by atoms with Crippen molar-refractivity contribution >= 4 is 17.2 Å². The van der Waals surface area contributed by atoms with Crippen LogP contribution in [0.3, 0.4) is 0 Å². The zero-order chi connectivity index (χ0) is 17.9. The van der Waals surface area contributed by atoms with Crippen LogP contribution in [0.4, 0.5) is 5.69 Å². The molecule has 0 unspecified atom stereocenters. The van der Waals surface area contributed by atoms with Gasteiger partial charge >= 0.3 is 0 Å². The van der Waals surface area contributed by atoms with Gasteiger partial charge in [-0.25, -0.2) is 0 Å². The molecule has 0 saturated carbocycles. The van der Waals surface area contributed by atoms with Gasteiger partial charge in [-0.1, -0.05) is 62.4 Å². The van der Waals surface area contributed by atoms with Crippen molar-refractivity contribution in [2.45, 2.75) is 33.1 Å². The summed E-state index contributed by atoms with van der Waals surface area (Å²) in [6.45, 7) is 4.01. The summed E-state index contributed by atoms with van der Waals surface area (Å²) < 4.78 is 0. The van der Waals surface area contributed by atoms with Gasteiger partial charge < -0.3 is 5.11 Å². The predicted molar refractivity (Wildman–Crippen MR) is 101 cm³/mol. The molecule has 2 aromatic carbocycles. The average Bonchev–Trinajstić information content (AvgIpc) is 2.55. The normalized spacial score (nSPS) is 17.7. The first-order valence-electron chi connectivity index (χ1n) is 8.57. The molecule has 0 atom stereocenters. The molecule has 0 spiro atoms. The third-order valence-electron chi connectivity index (χ3n) is 4.38. The lowest BCUT2D eigenvalue weighted by Crippen LogP contribution is -2.30. The number of aliphatic hydroxyl groups is 1. The van der Waals surface area contributed by atoms with E-state index in [-0.39, 0.29) is 17.0 Å². The fraction of sp³-hybridized carbons (Fsp3) is 0.273. The Labute approximate surface area is 148 Å². The maximum atomic E-state index is 12.7. The first kappa shape index (κ1) is 17.2. The Kier molecular flexibility index (Phi) is 4.84. The number of hydrogen-bond donors (Lipinski definition) is 1. The lowest BCUT2D eigenvalue weighted by molar-refractivity contribution is -0.117. The molecular weight excluding hydrogens is 310 g/mol. The van der Waals surface area contributed by atoms with E-state index in [4.69, 9.17) is 4.99 Å². The number of ketones is 1. The molecule has 3 nitrogen and oxygen atoms in total. The summed E-state index contributed by atoms with van der Waals surface area (Å²) >= 11 is 0.